The number of hydrogen-bond acceptors (Lipinski definition) is 5. The van der Waals surface area contributed by atoms with Crippen LogP contribution in [-0.2, 0) is 0 Å². The van der Waals surface area contributed by atoms with Gasteiger partial charge in [0.15, 0.2) is 0 Å². The number of rotatable bonds is 4. The van der Waals surface area contributed by atoms with Gasteiger partial charge in [-0.05, 0) is 34.1 Å². The van der Waals surface area contributed by atoms with Crippen molar-refractivity contribution in [2.24, 2.45) is 0 Å². The highest BCUT2D eigenvalue weighted by Crippen LogP contribution is 2.25. The summed E-state index contributed by atoms with van der Waals surface area (Å²) >= 11 is 3.44. The van der Waals surface area contributed by atoms with Crippen molar-refractivity contribution in [2.45, 2.75) is 18.9 Å². The quantitative estimate of drug-likeness (QED) is 0.801. The number of piperidine rings is 1. The molecule has 3 rings (SSSR count). The largest absolute Gasteiger partial charge is 0.497 e. The van der Waals surface area contributed by atoms with E-state index in [2.05, 4.69) is 25.9 Å². The number of ether oxygens (including phenoxy) is 2. The molecular formula is C17H18BrN3O3. The Balaban J connectivity index is 1.61. The van der Waals surface area contributed by atoms with Gasteiger partial charge < -0.3 is 14.4 Å². The molecule has 0 unspecified atom stereocenters. The van der Waals surface area contributed by atoms with E-state index >= 15 is 0 Å². The van der Waals surface area contributed by atoms with Crippen molar-refractivity contribution in [3.8, 4) is 11.6 Å². The lowest BCUT2D eigenvalue weighted by Gasteiger charge is -2.32. The fourth-order valence-corrected chi connectivity index (χ4v) is 3.08. The Morgan fingerprint density at radius 3 is 2.75 bits per heavy atom. The van der Waals surface area contributed by atoms with Crippen molar-refractivity contribution in [1.82, 2.24) is 14.9 Å². The number of benzene rings is 1. The van der Waals surface area contributed by atoms with Gasteiger partial charge in [0.1, 0.15) is 11.9 Å². The molecule has 1 aromatic carbocycles. The second kappa shape index (κ2) is 7.61. The molecule has 0 saturated carbocycles. The van der Waals surface area contributed by atoms with Crippen LogP contribution in [0.2, 0.25) is 0 Å². The maximum atomic E-state index is 12.7. The van der Waals surface area contributed by atoms with E-state index in [1.807, 2.05) is 17.0 Å². The standard InChI is InChI=1S/C17H18BrN3O3/c1-23-13-2-3-15(18)14(10-13)17(22)21-8-4-12(5-9-21)24-16-11-19-6-7-20-16/h2-3,6-7,10-12H,4-5,8-9H2,1H3. The Hall–Kier alpha value is -2.15. The smallest absolute Gasteiger partial charge is 0.255 e. The van der Waals surface area contributed by atoms with Crippen LogP contribution in [0.15, 0.2) is 41.3 Å². The zero-order valence-electron chi connectivity index (χ0n) is 13.3. The molecule has 1 saturated heterocycles. The lowest BCUT2D eigenvalue weighted by Crippen LogP contribution is -2.42. The Morgan fingerprint density at radius 2 is 2.08 bits per heavy atom. The first-order valence-corrected chi connectivity index (χ1v) is 8.52. The third kappa shape index (κ3) is 3.84. The predicted octanol–water partition coefficient (Wildman–Crippen LogP) is 2.93. The highest BCUT2D eigenvalue weighted by atomic mass is 79.9. The third-order valence-corrected chi connectivity index (χ3v) is 4.65. The molecule has 1 aromatic heterocycles. The summed E-state index contributed by atoms with van der Waals surface area (Å²) in [4.78, 5) is 22.7. The number of likely N-dealkylation sites (tertiary alicyclic amines) is 1. The number of methoxy groups -OCH3 is 1. The maximum Gasteiger partial charge on any atom is 0.255 e. The third-order valence-electron chi connectivity index (χ3n) is 3.96. The van der Waals surface area contributed by atoms with E-state index in [4.69, 9.17) is 9.47 Å². The molecule has 1 aliphatic rings. The van der Waals surface area contributed by atoms with E-state index in [1.54, 1.807) is 31.8 Å². The molecule has 0 bridgehead atoms. The van der Waals surface area contributed by atoms with Gasteiger partial charge in [0.25, 0.3) is 5.91 Å². The van der Waals surface area contributed by atoms with Crippen LogP contribution in [0.1, 0.15) is 23.2 Å². The van der Waals surface area contributed by atoms with Crippen molar-refractivity contribution in [2.75, 3.05) is 20.2 Å². The summed E-state index contributed by atoms with van der Waals surface area (Å²) in [6, 6.07) is 5.41. The lowest BCUT2D eigenvalue weighted by atomic mass is 10.1. The molecule has 1 amide bonds. The van der Waals surface area contributed by atoms with E-state index in [1.165, 1.54) is 0 Å². The summed E-state index contributed by atoms with van der Waals surface area (Å²) in [5.74, 6) is 1.19. The number of nitrogens with zero attached hydrogens (tertiary/aromatic N) is 3. The average Bonchev–Trinajstić information content (AvgIpc) is 2.63. The number of amides is 1. The van der Waals surface area contributed by atoms with Crippen LogP contribution in [0.4, 0.5) is 0 Å². The minimum atomic E-state index is -0.00118. The van der Waals surface area contributed by atoms with Crippen molar-refractivity contribution >= 4 is 21.8 Å². The summed E-state index contributed by atoms with van der Waals surface area (Å²) in [7, 11) is 1.59. The molecule has 0 aliphatic carbocycles. The SMILES string of the molecule is COc1ccc(Br)c(C(=O)N2CCC(Oc3cnccn3)CC2)c1. The molecule has 0 N–H and O–H groups in total. The zero-order valence-corrected chi connectivity index (χ0v) is 14.9. The number of carbonyl (C=O) groups excluding carboxylic acids is 1. The van der Waals surface area contributed by atoms with Crippen molar-refractivity contribution in [3.63, 3.8) is 0 Å². The molecule has 0 atom stereocenters. The molecule has 1 fully saturated rings. The minimum Gasteiger partial charge on any atom is -0.497 e. The van der Waals surface area contributed by atoms with Gasteiger partial charge in [0.05, 0.1) is 18.9 Å². The molecule has 24 heavy (non-hydrogen) atoms. The van der Waals surface area contributed by atoms with Crippen LogP contribution < -0.4 is 9.47 Å². The van der Waals surface area contributed by atoms with Crippen LogP contribution in [0, 0.1) is 0 Å². The van der Waals surface area contributed by atoms with E-state index in [0.29, 0.717) is 30.3 Å². The molecular weight excluding hydrogens is 374 g/mol. The number of hydrogen-bond donors (Lipinski definition) is 0. The fraction of sp³-hybridized carbons (Fsp3) is 0.353. The summed E-state index contributed by atoms with van der Waals surface area (Å²) < 4.78 is 11.8. The minimum absolute atomic E-state index is 0.00118. The Labute approximate surface area is 148 Å². The lowest BCUT2D eigenvalue weighted by molar-refractivity contribution is 0.0586. The van der Waals surface area contributed by atoms with Crippen molar-refractivity contribution < 1.29 is 14.3 Å². The molecule has 126 valence electrons. The van der Waals surface area contributed by atoms with Crippen LogP contribution in [0.25, 0.3) is 0 Å². The molecule has 7 heteroatoms. The molecule has 0 radical (unpaired) electrons. The summed E-state index contributed by atoms with van der Waals surface area (Å²) in [5, 5.41) is 0. The summed E-state index contributed by atoms with van der Waals surface area (Å²) in [5.41, 5.74) is 0.614. The van der Waals surface area contributed by atoms with Gasteiger partial charge >= 0.3 is 0 Å². The van der Waals surface area contributed by atoms with Gasteiger partial charge in [-0.25, -0.2) is 4.98 Å². The normalized spacial score (nSPS) is 15.2. The molecule has 2 aromatic rings. The number of carbonyl (C=O) groups is 1. The Morgan fingerprint density at radius 1 is 1.29 bits per heavy atom. The van der Waals surface area contributed by atoms with Crippen LogP contribution in [0.3, 0.4) is 0 Å². The first-order valence-electron chi connectivity index (χ1n) is 7.73. The second-order valence-corrected chi connectivity index (χ2v) is 6.35. The molecule has 2 heterocycles. The number of halogens is 1. The van der Waals surface area contributed by atoms with Gasteiger partial charge in [-0.3, -0.25) is 9.78 Å². The van der Waals surface area contributed by atoms with Gasteiger partial charge in [-0.1, -0.05) is 0 Å². The monoisotopic (exact) mass is 391 g/mol. The zero-order chi connectivity index (χ0) is 16.9. The van der Waals surface area contributed by atoms with E-state index in [9.17, 15) is 4.79 Å². The van der Waals surface area contributed by atoms with E-state index < -0.39 is 0 Å². The van der Waals surface area contributed by atoms with Crippen molar-refractivity contribution in [1.29, 1.82) is 0 Å². The molecule has 6 nitrogen and oxygen atoms in total. The van der Waals surface area contributed by atoms with Gasteiger partial charge in [-0.2, -0.15) is 0 Å². The predicted molar refractivity (Wildman–Crippen MR) is 92.3 cm³/mol. The highest BCUT2D eigenvalue weighted by Gasteiger charge is 2.26. The van der Waals surface area contributed by atoms with E-state index in [0.717, 1.165) is 17.3 Å². The number of aromatic nitrogens is 2. The van der Waals surface area contributed by atoms with Crippen LogP contribution in [0.5, 0.6) is 11.6 Å². The fourth-order valence-electron chi connectivity index (χ4n) is 2.66. The Bertz CT molecular complexity index is 703. The summed E-state index contributed by atoms with van der Waals surface area (Å²) in [6.07, 6.45) is 6.41. The molecule has 0 spiro atoms. The van der Waals surface area contributed by atoms with E-state index in [-0.39, 0.29) is 12.0 Å². The van der Waals surface area contributed by atoms with Gasteiger partial charge in [0, 0.05) is 42.8 Å². The van der Waals surface area contributed by atoms with Gasteiger partial charge in [-0.15, -0.1) is 0 Å². The summed E-state index contributed by atoms with van der Waals surface area (Å²) in [6.45, 7) is 1.29. The van der Waals surface area contributed by atoms with Crippen LogP contribution >= 0.6 is 15.9 Å². The van der Waals surface area contributed by atoms with Crippen molar-refractivity contribution in [3.05, 3.63) is 46.8 Å². The Kier molecular flexibility index (Phi) is 5.30. The first kappa shape index (κ1) is 16.7. The average molecular weight is 392 g/mol. The maximum absolute atomic E-state index is 12.7. The van der Waals surface area contributed by atoms with Crippen LogP contribution in [-0.4, -0.2) is 47.1 Å². The topological polar surface area (TPSA) is 64.5 Å². The molecule has 1 aliphatic heterocycles. The first-order chi connectivity index (χ1) is 11.7. The highest BCUT2D eigenvalue weighted by molar-refractivity contribution is 9.10. The van der Waals surface area contributed by atoms with Gasteiger partial charge in [0.2, 0.25) is 5.88 Å². The second-order valence-electron chi connectivity index (χ2n) is 5.50.